The highest BCUT2D eigenvalue weighted by molar-refractivity contribution is 5.15. The second-order valence-corrected chi connectivity index (χ2v) is 5.88. The molecule has 0 unspecified atom stereocenters. The molecule has 0 atom stereocenters. The molecule has 1 aliphatic carbocycles. The number of nitrogens with two attached hydrogens (primary N) is 2. The van der Waals surface area contributed by atoms with E-state index in [2.05, 4.69) is 30.3 Å². The molecule has 1 aliphatic rings. The Morgan fingerprint density at radius 1 is 1.06 bits per heavy atom. The van der Waals surface area contributed by atoms with Gasteiger partial charge in [0.05, 0.1) is 0 Å². The van der Waals surface area contributed by atoms with Gasteiger partial charge in [-0.1, -0.05) is 30.3 Å². The summed E-state index contributed by atoms with van der Waals surface area (Å²) in [4.78, 5) is 0. The van der Waals surface area contributed by atoms with Gasteiger partial charge in [0.25, 0.3) is 0 Å². The van der Waals surface area contributed by atoms with E-state index in [1.807, 2.05) is 0 Å². The lowest BCUT2D eigenvalue weighted by Crippen LogP contribution is -2.37. The van der Waals surface area contributed by atoms with Crippen LogP contribution in [-0.2, 0) is 6.42 Å². The van der Waals surface area contributed by atoms with Gasteiger partial charge in [-0.3, -0.25) is 0 Å². The van der Waals surface area contributed by atoms with E-state index in [4.69, 9.17) is 11.5 Å². The quantitative estimate of drug-likeness (QED) is 0.839. The summed E-state index contributed by atoms with van der Waals surface area (Å²) in [5.74, 6) is 0.838. The van der Waals surface area contributed by atoms with Crippen LogP contribution < -0.4 is 11.5 Å². The van der Waals surface area contributed by atoms with Crippen LogP contribution in [0.2, 0.25) is 0 Å². The van der Waals surface area contributed by atoms with Crippen LogP contribution in [0.3, 0.4) is 0 Å². The van der Waals surface area contributed by atoms with Crippen molar-refractivity contribution in [3.8, 4) is 0 Å². The third-order valence-electron chi connectivity index (χ3n) is 4.64. The van der Waals surface area contributed by atoms with Gasteiger partial charge in [-0.15, -0.1) is 0 Å². The maximum atomic E-state index is 5.97. The molecular weight excluding hydrogens is 220 g/mol. The first-order valence-electron chi connectivity index (χ1n) is 7.22. The standard InChI is InChI=1S/C16H26N2/c17-11-10-16(13-18)8-6-15(7-9-16)12-14-4-2-1-3-5-14/h1-5,15H,6-13,17-18H2. The summed E-state index contributed by atoms with van der Waals surface area (Å²) in [5, 5.41) is 0. The predicted octanol–water partition coefficient (Wildman–Crippen LogP) is 2.71. The molecular formula is C16H26N2. The molecule has 0 aliphatic heterocycles. The van der Waals surface area contributed by atoms with E-state index in [1.54, 1.807) is 0 Å². The lowest BCUT2D eigenvalue weighted by molar-refractivity contribution is 0.147. The Morgan fingerprint density at radius 3 is 2.28 bits per heavy atom. The summed E-state index contributed by atoms with van der Waals surface area (Å²) in [6.45, 7) is 1.59. The minimum absolute atomic E-state index is 0.349. The second kappa shape index (κ2) is 6.35. The zero-order valence-corrected chi connectivity index (χ0v) is 11.3. The maximum Gasteiger partial charge on any atom is -0.00201 e. The van der Waals surface area contributed by atoms with Crippen molar-refractivity contribution in [1.29, 1.82) is 0 Å². The molecule has 18 heavy (non-hydrogen) atoms. The van der Waals surface area contributed by atoms with Crippen LogP contribution >= 0.6 is 0 Å². The van der Waals surface area contributed by atoms with E-state index in [9.17, 15) is 0 Å². The van der Waals surface area contributed by atoms with Crippen LogP contribution in [0.4, 0.5) is 0 Å². The summed E-state index contributed by atoms with van der Waals surface area (Å²) < 4.78 is 0. The van der Waals surface area contributed by atoms with Crippen molar-refractivity contribution in [3.05, 3.63) is 35.9 Å². The molecule has 2 heteroatoms. The van der Waals surface area contributed by atoms with E-state index in [-0.39, 0.29) is 0 Å². The van der Waals surface area contributed by atoms with Crippen LogP contribution in [0, 0.1) is 11.3 Å². The molecule has 0 amide bonds. The number of hydrogen-bond donors (Lipinski definition) is 2. The molecule has 2 nitrogen and oxygen atoms in total. The average Bonchev–Trinajstić information content (AvgIpc) is 2.43. The predicted molar refractivity (Wildman–Crippen MR) is 77.3 cm³/mol. The SMILES string of the molecule is NCCC1(CN)CCC(Cc2ccccc2)CC1. The minimum Gasteiger partial charge on any atom is -0.330 e. The molecule has 1 saturated carbocycles. The van der Waals surface area contributed by atoms with Gasteiger partial charge in [-0.2, -0.15) is 0 Å². The van der Waals surface area contributed by atoms with Crippen molar-refractivity contribution < 1.29 is 0 Å². The number of benzene rings is 1. The Balaban J connectivity index is 1.86. The number of hydrogen-bond acceptors (Lipinski definition) is 2. The lowest BCUT2D eigenvalue weighted by Gasteiger charge is -2.39. The van der Waals surface area contributed by atoms with Gasteiger partial charge in [0.15, 0.2) is 0 Å². The van der Waals surface area contributed by atoms with Crippen molar-refractivity contribution in [1.82, 2.24) is 0 Å². The number of rotatable bonds is 5. The average molecular weight is 246 g/mol. The highest BCUT2D eigenvalue weighted by Crippen LogP contribution is 2.41. The van der Waals surface area contributed by atoms with Gasteiger partial charge >= 0.3 is 0 Å². The zero-order chi connectivity index (χ0) is 12.8. The summed E-state index contributed by atoms with van der Waals surface area (Å²) in [7, 11) is 0. The van der Waals surface area contributed by atoms with Crippen molar-refractivity contribution in [2.45, 2.75) is 38.5 Å². The van der Waals surface area contributed by atoms with E-state index in [0.29, 0.717) is 5.41 Å². The van der Waals surface area contributed by atoms with E-state index in [1.165, 1.54) is 37.7 Å². The van der Waals surface area contributed by atoms with Crippen molar-refractivity contribution in [2.75, 3.05) is 13.1 Å². The molecule has 100 valence electrons. The molecule has 2 rings (SSSR count). The first kappa shape index (κ1) is 13.6. The molecule has 1 aromatic rings. The van der Waals surface area contributed by atoms with Gasteiger partial charge in [-0.25, -0.2) is 0 Å². The van der Waals surface area contributed by atoms with Crippen LogP contribution in [-0.4, -0.2) is 13.1 Å². The summed E-state index contributed by atoms with van der Waals surface area (Å²) in [6, 6.07) is 10.8. The molecule has 4 N–H and O–H groups in total. The smallest absolute Gasteiger partial charge is 0.00201 e. The molecule has 0 aromatic heterocycles. The van der Waals surface area contributed by atoms with Crippen LogP contribution in [0.1, 0.15) is 37.7 Å². The second-order valence-electron chi connectivity index (χ2n) is 5.88. The molecule has 0 radical (unpaired) electrons. The van der Waals surface area contributed by atoms with Crippen molar-refractivity contribution in [3.63, 3.8) is 0 Å². The van der Waals surface area contributed by atoms with Crippen LogP contribution in [0.5, 0.6) is 0 Å². The fourth-order valence-corrected chi connectivity index (χ4v) is 3.30. The van der Waals surface area contributed by atoms with Gasteiger partial charge < -0.3 is 11.5 Å². The van der Waals surface area contributed by atoms with Gasteiger partial charge in [0, 0.05) is 0 Å². The molecule has 0 heterocycles. The topological polar surface area (TPSA) is 52.0 Å². The van der Waals surface area contributed by atoms with E-state index >= 15 is 0 Å². The molecule has 1 aromatic carbocycles. The minimum atomic E-state index is 0.349. The Hall–Kier alpha value is -0.860. The highest BCUT2D eigenvalue weighted by Gasteiger charge is 2.33. The van der Waals surface area contributed by atoms with Gasteiger partial charge in [-0.05, 0) is 68.5 Å². The maximum absolute atomic E-state index is 5.97. The fourth-order valence-electron chi connectivity index (χ4n) is 3.30. The lowest BCUT2D eigenvalue weighted by atomic mass is 9.67. The normalized spacial score (nSPS) is 28.2. The van der Waals surface area contributed by atoms with E-state index < -0.39 is 0 Å². The Bertz CT molecular complexity index is 339. The zero-order valence-electron chi connectivity index (χ0n) is 11.3. The molecule has 0 spiro atoms. The van der Waals surface area contributed by atoms with Crippen LogP contribution in [0.25, 0.3) is 0 Å². The summed E-state index contributed by atoms with van der Waals surface area (Å²) in [5.41, 5.74) is 13.5. The third-order valence-corrected chi connectivity index (χ3v) is 4.64. The first-order valence-corrected chi connectivity index (χ1v) is 7.22. The highest BCUT2D eigenvalue weighted by atomic mass is 14.6. The first-order chi connectivity index (χ1) is 8.78. The molecule has 0 saturated heterocycles. The summed E-state index contributed by atoms with van der Waals surface area (Å²) in [6.07, 6.45) is 7.47. The fraction of sp³-hybridized carbons (Fsp3) is 0.625. The van der Waals surface area contributed by atoms with Gasteiger partial charge in [0.2, 0.25) is 0 Å². The molecule has 1 fully saturated rings. The van der Waals surface area contributed by atoms with Crippen molar-refractivity contribution >= 4 is 0 Å². The third kappa shape index (κ3) is 3.33. The largest absolute Gasteiger partial charge is 0.330 e. The van der Waals surface area contributed by atoms with Crippen molar-refractivity contribution in [2.24, 2.45) is 22.8 Å². The molecule has 0 bridgehead atoms. The summed E-state index contributed by atoms with van der Waals surface area (Å²) >= 11 is 0. The Kier molecular flexibility index (Phi) is 4.79. The Morgan fingerprint density at radius 2 is 1.72 bits per heavy atom. The Labute approximate surface area is 111 Å². The van der Waals surface area contributed by atoms with E-state index in [0.717, 1.165) is 25.4 Å². The monoisotopic (exact) mass is 246 g/mol. The van der Waals surface area contributed by atoms with Gasteiger partial charge in [0.1, 0.15) is 0 Å². The van der Waals surface area contributed by atoms with Crippen LogP contribution in [0.15, 0.2) is 30.3 Å².